The highest BCUT2D eigenvalue weighted by molar-refractivity contribution is 6.05. The van der Waals surface area contributed by atoms with Gasteiger partial charge in [0.2, 0.25) is 11.9 Å². The van der Waals surface area contributed by atoms with Crippen LogP contribution in [-0.2, 0) is 4.79 Å². The molecule has 10 heteroatoms. The first-order valence-electron chi connectivity index (χ1n) is 13.0. The van der Waals surface area contributed by atoms with Crippen LogP contribution in [0.25, 0.3) is 0 Å². The average Bonchev–Trinajstić information content (AvgIpc) is 3.47. The minimum atomic E-state index is -0.278. The second kappa shape index (κ2) is 12.5. The van der Waals surface area contributed by atoms with Crippen LogP contribution in [0.1, 0.15) is 49.4 Å². The second-order valence-corrected chi connectivity index (χ2v) is 9.56. The zero-order chi connectivity index (χ0) is 27.9. The number of guanidine groups is 1. The number of carbonyl (C=O) groups excluding carboxylic acids is 2. The Bertz CT molecular complexity index is 1280. The van der Waals surface area contributed by atoms with Crippen molar-refractivity contribution in [1.82, 2.24) is 9.80 Å². The Morgan fingerprint density at radius 1 is 1.05 bits per heavy atom. The van der Waals surface area contributed by atoms with Crippen LogP contribution in [0.3, 0.4) is 0 Å². The number of anilines is 2. The van der Waals surface area contributed by atoms with Crippen LogP contribution < -0.4 is 20.1 Å². The summed E-state index contributed by atoms with van der Waals surface area (Å²) in [5.74, 6) is 1.91. The van der Waals surface area contributed by atoms with Crippen LogP contribution in [0.2, 0.25) is 0 Å². The molecule has 2 aromatic carbocycles. The Morgan fingerprint density at radius 2 is 1.77 bits per heavy atom. The molecule has 10 nitrogen and oxygen atoms in total. The van der Waals surface area contributed by atoms with Crippen LogP contribution in [0.4, 0.5) is 11.4 Å². The van der Waals surface area contributed by atoms with Crippen molar-refractivity contribution in [2.75, 3.05) is 38.4 Å². The summed E-state index contributed by atoms with van der Waals surface area (Å²) in [5, 5.41) is 6.06. The third-order valence-electron chi connectivity index (χ3n) is 7.22. The Labute approximate surface area is 229 Å². The number of benzene rings is 2. The van der Waals surface area contributed by atoms with E-state index in [0.717, 1.165) is 18.5 Å². The first-order chi connectivity index (χ1) is 18.8. The SMILES string of the molecule is C=N/C(=N\C1=C(C)N(C)C(=O)CCN1C1CCCC1)Nc1ccc(C(=O)Nc2ccc(OC)cc2)cc1OC. The number of methoxy groups -OCH3 is 2. The summed E-state index contributed by atoms with van der Waals surface area (Å²) in [7, 11) is 4.90. The van der Waals surface area contributed by atoms with Crippen LogP contribution in [0.15, 0.2) is 64.0 Å². The standard InChI is InChI=1S/C29H36N6O4/c1-19-27(35(22-8-6-7-9-22)17-16-26(36)34(19)3)33-29(30-2)32-24-15-10-20(18-25(24)39-5)28(37)31-21-11-13-23(38-4)14-12-21/h10-15,18,22H,2,6-9,16-17H2,1,3-5H3,(H,31,37)(H,32,33). The molecular formula is C29H36N6O4. The van der Waals surface area contributed by atoms with E-state index in [9.17, 15) is 9.59 Å². The van der Waals surface area contributed by atoms with Gasteiger partial charge in [0, 0.05) is 37.3 Å². The van der Waals surface area contributed by atoms with Gasteiger partial charge in [-0.15, -0.1) is 0 Å². The molecule has 2 aromatic rings. The first kappa shape index (κ1) is 27.7. The van der Waals surface area contributed by atoms with Gasteiger partial charge in [-0.05, 0) is 68.9 Å². The molecule has 206 valence electrons. The molecule has 1 saturated carbocycles. The van der Waals surface area contributed by atoms with E-state index < -0.39 is 0 Å². The predicted molar refractivity (Wildman–Crippen MR) is 154 cm³/mol. The highest BCUT2D eigenvalue weighted by Crippen LogP contribution is 2.32. The van der Waals surface area contributed by atoms with Crippen molar-refractivity contribution in [2.45, 2.75) is 45.1 Å². The average molecular weight is 533 g/mol. The fraction of sp³-hybridized carbons (Fsp3) is 0.379. The fourth-order valence-corrected chi connectivity index (χ4v) is 4.89. The normalized spacial score (nSPS) is 16.7. The van der Waals surface area contributed by atoms with Crippen molar-refractivity contribution in [3.05, 3.63) is 59.5 Å². The summed E-state index contributed by atoms with van der Waals surface area (Å²) in [4.78, 5) is 38.3. The molecule has 1 fully saturated rings. The van der Waals surface area contributed by atoms with Gasteiger partial charge in [0.25, 0.3) is 5.91 Å². The largest absolute Gasteiger partial charge is 0.497 e. The number of hydrogen-bond donors (Lipinski definition) is 2. The molecule has 0 saturated heterocycles. The Balaban J connectivity index is 1.58. The van der Waals surface area contributed by atoms with Gasteiger partial charge < -0.3 is 29.9 Å². The van der Waals surface area contributed by atoms with Crippen molar-refractivity contribution in [3.63, 3.8) is 0 Å². The number of amides is 2. The Morgan fingerprint density at radius 3 is 2.41 bits per heavy atom. The van der Waals surface area contributed by atoms with Crippen molar-refractivity contribution >= 4 is 35.9 Å². The zero-order valence-corrected chi connectivity index (χ0v) is 23.0. The van der Waals surface area contributed by atoms with E-state index in [1.54, 1.807) is 61.5 Å². The lowest BCUT2D eigenvalue weighted by Crippen LogP contribution is -2.33. The number of hydrogen-bond acceptors (Lipinski definition) is 6. The highest BCUT2D eigenvalue weighted by atomic mass is 16.5. The van der Waals surface area contributed by atoms with E-state index in [2.05, 4.69) is 27.2 Å². The molecule has 1 aliphatic heterocycles. The third kappa shape index (κ3) is 6.39. The van der Waals surface area contributed by atoms with Gasteiger partial charge in [0.1, 0.15) is 11.5 Å². The Kier molecular flexibility index (Phi) is 8.85. The van der Waals surface area contributed by atoms with E-state index >= 15 is 0 Å². The lowest BCUT2D eigenvalue weighted by atomic mass is 10.1. The molecule has 0 spiro atoms. The molecule has 1 aliphatic carbocycles. The van der Waals surface area contributed by atoms with E-state index in [1.807, 2.05) is 6.92 Å². The molecule has 2 N–H and O–H groups in total. The van der Waals surface area contributed by atoms with Crippen molar-refractivity contribution in [2.24, 2.45) is 9.98 Å². The van der Waals surface area contributed by atoms with Crippen LogP contribution in [-0.4, -0.2) is 68.1 Å². The number of ether oxygens (including phenoxy) is 2. The maximum atomic E-state index is 12.9. The van der Waals surface area contributed by atoms with E-state index in [1.165, 1.54) is 20.0 Å². The van der Waals surface area contributed by atoms with Gasteiger partial charge in [-0.25, -0.2) is 4.99 Å². The molecule has 0 aromatic heterocycles. The van der Waals surface area contributed by atoms with Gasteiger partial charge in [0.15, 0.2) is 5.82 Å². The number of rotatable bonds is 7. The molecule has 0 unspecified atom stereocenters. The second-order valence-electron chi connectivity index (χ2n) is 9.56. The van der Waals surface area contributed by atoms with Gasteiger partial charge in [-0.2, -0.15) is 4.99 Å². The quantitative estimate of drug-likeness (QED) is 0.395. The minimum absolute atomic E-state index is 0.0620. The highest BCUT2D eigenvalue weighted by Gasteiger charge is 2.31. The smallest absolute Gasteiger partial charge is 0.255 e. The molecule has 0 radical (unpaired) electrons. The van der Waals surface area contributed by atoms with Crippen LogP contribution >= 0.6 is 0 Å². The number of nitrogens with one attached hydrogen (secondary N) is 2. The van der Waals surface area contributed by atoms with Crippen molar-refractivity contribution in [3.8, 4) is 11.5 Å². The monoisotopic (exact) mass is 532 g/mol. The number of aliphatic imine (C=N–C) groups is 2. The minimum Gasteiger partial charge on any atom is -0.497 e. The zero-order valence-electron chi connectivity index (χ0n) is 23.0. The first-order valence-corrected chi connectivity index (χ1v) is 13.0. The molecule has 2 amide bonds. The van der Waals surface area contributed by atoms with E-state index in [0.29, 0.717) is 53.3 Å². The van der Waals surface area contributed by atoms with E-state index in [4.69, 9.17) is 14.5 Å². The molecule has 0 bridgehead atoms. The summed E-state index contributed by atoms with van der Waals surface area (Å²) >= 11 is 0. The summed E-state index contributed by atoms with van der Waals surface area (Å²) in [6.07, 6.45) is 4.91. The van der Waals surface area contributed by atoms with Crippen LogP contribution in [0, 0.1) is 0 Å². The molecular weight excluding hydrogens is 496 g/mol. The number of nitrogens with zero attached hydrogens (tertiary/aromatic N) is 4. The maximum absolute atomic E-state index is 12.9. The summed E-state index contributed by atoms with van der Waals surface area (Å²) < 4.78 is 10.7. The van der Waals surface area contributed by atoms with Crippen LogP contribution in [0.5, 0.6) is 11.5 Å². The Hall–Kier alpha value is -4.34. The molecule has 39 heavy (non-hydrogen) atoms. The third-order valence-corrected chi connectivity index (χ3v) is 7.22. The van der Waals surface area contributed by atoms with Gasteiger partial charge in [-0.1, -0.05) is 12.8 Å². The molecule has 2 aliphatic rings. The molecule has 4 rings (SSSR count). The van der Waals surface area contributed by atoms with Gasteiger partial charge >= 0.3 is 0 Å². The van der Waals surface area contributed by atoms with Crippen molar-refractivity contribution < 1.29 is 19.1 Å². The van der Waals surface area contributed by atoms with E-state index in [-0.39, 0.29) is 17.8 Å². The van der Waals surface area contributed by atoms with Gasteiger partial charge in [-0.3, -0.25) is 9.59 Å². The topological polar surface area (TPSA) is 108 Å². The van der Waals surface area contributed by atoms with Gasteiger partial charge in [0.05, 0.1) is 25.6 Å². The summed E-state index contributed by atoms with van der Waals surface area (Å²) in [6, 6.07) is 12.5. The lowest BCUT2D eigenvalue weighted by molar-refractivity contribution is -0.127. The summed E-state index contributed by atoms with van der Waals surface area (Å²) in [5.41, 5.74) is 2.42. The predicted octanol–water partition coefficient (Wildman–Crippen LogP) is 4.72. The molecule has 1 heterocycles. The van der Waals surface area contributed by atoms with Crippen molar-refractivity contribution in [1.29, 1.82) is 0 Å². The maximum Gasteiger partial charge on any atom is 0.255 e. The molecule has 0 atom stereocenters. The summed E-state index contributed by atoms with van der Waals surface area (Å²) in [6.45, 7) is 6.22. The number of carbonyl (C=O) groups is 2. The lowest BCUT2D eigenvalue weighted by Gasteiger charge is -2.31. The fourth-order valence-electron chi connectivity index (χ4n) is 4.89. The number of allylic oxidation sites excluding steroid dienone is 1.